The molecule has 0 unspecified atom stereocenters. The van der Waals surface area contributed by atoms with Crippen molar-refractivity contribution in [1.29, 1.82) is 0 Å². The zero-order chi connectivity index (χ0) is 23.9. The molecule has 2 saturated heterocycles. The van der Waals surface area contributed by atoms with Crippen LogP contribution in [0, 0.1) is 6.92 Å². The second kappa shape index (κ2) is 8.92. The summed E-state index contributed by atoms with van der Waals surface area (Å²) in [6.45, 7) is 4.24. The van der Waals surface area contributed by atoms with Crippen molar-refractivity contribution in [2.45, 2.75) is 31.8 Å². The average Bonchev–Trinajstić information content (AvgIpc) is 3.19. The minimum absolute atomic E-state index is 0.0610. The van der Waals surface area contributed by atoms with Crippen LogP contribution in [-0.4, -0.2) is 58.2 Å². The summed E-state index contributed by atoms with van der Waals surface area (Å²) in [6.07, 6.45) is 1.99. The van der Waals surface area contributed by atoms with Gasteiger partial charge in [0.25, 0.3) is 0 Å². The van der Waals surface area contributed by atoms with Crippen molar-refractivity contribution in [3.63, 3.8) is 0 Å². The number of nitrogens with zero attached hydrogens (tertiary/aromatic N) is 4. The largest absolute Gasteiger partial charge is 0.441 e. The molecule has 2 aliphatic rings. The number of rotatable bonds is 4. The lowest BCUT2D eigenvalue weighted by molar-refractivity contribution is -0.117. The first-order valence-electron chi connectivity index (χ1n) is 11.5. The summed E-state index contributed by atoms with van der Waals surface area (Å²) in [7, 11) is 1.98. The highest BCUT2D eigenvalue weighted by Crippen LogP contribution is 2.36. The molecule has 34 heavy (non-hydrogen) atoms. The maximum absolute atomic E-state index is 12.7. The first kappa shape index (κ1) is 22.7. The Morgan fingerprint density at radius 1 is 1.18 bits per heavy atom. The second-order valence-corrected chi connectivity index (χ2v) is 9.65. The number of benzene rings is 2. The van der Waals surface area contributed by atoms with E-state index in [1.54, 1.807) is 17.0 Å². The van der Waals surface area contributed by atoms with Crippen molar-refractivity contribution in [3.8, 4) is 0 Å². The number of halogens is 1. The third-order valence-electron chi connectivity index (χ3n) is 6.85. The topological polar surface area (TPSA) is 79.7 Å². The number of ether oxygens (including phenoxy) is 1. The van der Waals surface area contributed by atoms with Crippen molar-refractivity contribution < 1.29 is 14.3 Å². The number of likely N-dealkylation sites (tertiary alicyclic amines) is 1. The van der Waals surface area contributed by atoms with Gasteiger partial charge in [-0.15, -0.1) is 0 Å². The standard InChI is InChI=1S/C25H28ClN5O3/c1-17-27-21-14-19(6-9-22(21)29(17)2)28-23(32)15-30-12-3-10-25(11-13-30)16-31(24(33)34-25)20-7-4-18(26)5-8-20/h4-9,14H,3,10-13,15-16H2,1-2H3,(H,28,32)/t25-/m1/s1. The second-order valence-electron chi connectivity index (χ2n) is 9.21. The molecule has 2 aliphatic heterocycles. The van der Waals surface area contributed by atoms with E-state index in [4.69, 9.17) is 16.3 Å². The normalized spacial score (nSPS) is 21.1. The summed E-state index contributed by atoms with van der Waals surface area (Å²) < 4.78 is 7.91. The van der Waals surface area contributed by atoms with E-state index in [9.17, 15) is 9.59 Å². The predicted molar refractivity (Wildman–Crippen MR) is 132 cm³/mol. The van der Waals surface area contributed by atoms with E-state index in [-0.39, 0.29) is 12.0 Å². The van der Waals surface area contributed by atoms with Crippen molar-refractivity contribution in [2.75, 3.05) is 36.4 Å². The van der Waals surface area contributed by atoms with Crippen LogP contribution in [0.25, 0.3) is 11.0 Å². The first-order chi connectivity index (χ1) is 16.3. The molecule has 178 valence electrons. The highest BCUT2D eigenvalue weighted by Gasteiger charge is 2.46. The number of amides is 2. The molecular formula is C25H28ClN5O3. The molecule has 0 saturated carbocycles. The van der Waals surface area contributed by atoms with Crippen LogP contribution in [0.5, 0.6) is 0 Å². The lowest BCUT2D eigenvalue weighted by Crippen LogP contribution is -2.37. The van der Waals surface area contributed by atoms with Gasteiger partial charge in [0.2, 0.25) is 5.91 Å². The van der Waals surface area contributed by atoms with Gasteiger partial charge >= 0.3 is 6.09 Å². The number of aryl methyl sites for hydroxylation is 2. The lowest BCUT2D eigenvalue weighted by atomic mass is 9.95. The van der Waals surface area contributed by atoms with E-state index in [0.29, 0.717) is 31.1 Å². The quantitative estimate of drug-likeness (QED) is 0.599. The minimum atomic E-state index is -0.524. The van der Waals surface area contributed by atoms with Crippen LogP contribution in [-0.2, 0) is 16.6 Å². The van der Waals surface area contributed by atoms with Crippen molar-refractivity contribution in [2.24, 2.45) is 7.05 Å². The molecule has 0 bridgehead atoms. The maximum Gasteiger partial charge on any atom is 0.415 e. The van der Waals surface area contributed by atoms with Crippen molar-refractivity contribution in [3.05, 3.63) is 53.3 Å². The van der Waals surface area contributed by atoms with E-state index in [1.807, 2.05) is 48.9 Å². The Kier molecular flexibility index (Phi) is 5.95. The molecule has 2 aromatic carbocycles. The molecule has 1 atom stereocenters. The first-order valence-corrected chi connectivity index (χ1v) is 11.9. The zero-order valence-electron chi connectivity index (χ0n) is 19.4. The highest BCUT2D eigenvalue weighted by molar-refractivity contribution is 6.30. The summed E-state index contributed by atoms with van der Waals surface area (Å²) >= 11 is 5.98. The van der Waals surface area contributed by atoms with Gasteiger partial charge in [-0.05, 0) is 68.8 Å². The lowest BCUT2D eigenvalue weighted by Gasteiger charge is -2.25. The third-order valence-corrected chi connectivity index (χ3v) is 7.11. The Morgan fingerprint density at radius 3 is 2.76 bits per heavy atom. The Morgan fingerprint density at radius 2 is 1.97 bits per heavy atom. The van der Waals surface area contributed by atoms with Crippen LogP contribution >= 0.6 is 11.6 Å². The summed E-state index contributed by atoms with van der Waals surface area (Å²) in [5.41, 5.74) is 2.90. The van der Waals surface area contributed by atoms with Gasteiger partial charge in [0.1, 0.15) is 11.4 Å². The van der Waals surface area contributed by atoms with E-state index in [0.717, 1.165) is 47.6 Å². The number of hydrogen-bond acceptors (Lipinski definition) is 5. The summed E-state index contributed by atoms with van der Waals surface area (Å²) in [6, 6.07) is 13.0. The molecule has 0 radical (unpaired) electrons. The fourth-order valence-electron chi connectivity index (χ4n) is 4.89. The number of aromatic nitrogens is 2. The van der Waals surface area contributed by atoms with Crippen LogP contribution in [0.2, 0.25) is 5.02 Å². The fourth-order valence-corrected chi connectivity index (χ4v) is 5.01. The molecular weight excluding hydrogens is 454 g/mol. The number of anilines is 2. The van der Waals surface area contributed by atoms with Crippen molar-refractivity contribution >= 4 is 46.0 Å². The van der Waals surface area contributed by atoms with Crippen LogP contribution in [0.4, 0.5) is 16.2 Å². The maximum atomic E-state index is 12.7. The molecule has 1 N–H and O–H groups in total. The molecule has 0 aliphatic carbocycles. The van der Waals surface area contributed by atoms with Gasteiger partial charge in [-0.2, -0.15) is 0 Å². The Labute approximate surface area is 203 Å². The van der Waals surface area contributed by atoms with Crippen LogP contribution in [0.15, 0.2) is 42.5 Å². The number of imidazole rings is 1. The number of nitrogens with one attached hydrogen (secondary N) is 1. The van der Waals surface area contributed by atoms with Gasteiger partial charge in [-0.3, -0.25) is 14.6 Å². The van der Waals surface area contributed by atoms with E-state index < -0.39 is 5.60 Å². The Hall–Kier alpha value is -3.10. The molecule has 3 heterocycles. The van der Waals surface area contributed by atoms with Gasteiger partial charge in [0.15, 0.2) is 0 Å². The molecule has 9 heteroatoms. The highest BCUT2D eigenvalue weighted by atomic mass is 35.5. The number of carbonyl (C=O) groups is 2. The Bertz CT molecular complexity index is 1240. The van der Waals surface area contributed by atoms with Gasteiger partial charge in [-0.25, -0.2) is 9.78 Å². The molecule has 5 rings (SSSR count). The SMILES string of the molecule is Cc1nc2cc(NC(=O)CN3CCC[C@@]4(CC3)CN(c3ccc(Cl)cc3)C(=O)O4)ccc2n1C. The number of carbonyl (C=O) groups excluding carboxylic acids is 2. The van der Waals surface area contributed by atoms with Crippen LogP contribution in [0.1, 0.15) is 25.1 Å². The van der Waals surface area contributed by atoms with Crippen molar-refractivity contribution in [1.82, 2.24) is 14.5 Å². The Balaban J connectivity index is 1.19. The third kappa shape index (κ3) is 4.48. The van der Waals surface area contributed by atoms with Crippen LogP contribution in [0.3, 0.4) is 0 Å². The van der Waals surface area contributed by atoms with E-state index >= 15 is 0 Å². The summed E-state index contributed by atoms with van der Waals surface area (Å²) in [5, 5.41) is 3.63. The molecule has 2 amide bonds. The summed E-state index contributed by atoms with van der Waals surface area (Å²) in [5.74, 6) is 0.869. The number of fused-ring (bicyclic) bond motifs is 1. The molecule has 1 aromatic heterocycles. The van der Waals surface area contributed by atoms with Gasteiger partial charge in [0, 0.05) is 36.4 Å². The van der Waals surface area contributed by atoms with E-state index in [2.05, 4.69) is 15.2 Å². The molecule has 1 spiro atoms. The predicted octanol–water partition coefficient (Wildman–Crippen LogP) is 4.36. The van der Waals surface area contributed by atoms with Gasteiger partial charge in [-0.1, -0.05) is 11.6 Å². The van der Waals surface area contributed by atoms with Gasteiger partial charge in [0.05, 0.1) is 24.1 Å². The monoisotopic (exact) mass is 481 g/mol. The smallest absolute Gasteiger partial charge is 0.415 e. The minimum Gasteiger partial charge on any atom is -0.441 e. The van der Waals surface area contributed by atoms with Crippen LogP contribution < -0.4 is 10.2 Å². The molecule has 2 fully saturated rings. The molecule has 3 aromatic rings. The zero-order valence-corrected chi connectivity index (χ0v) is 20.1. The fraction of sp³-hybridized carbons (Fsp3) is 0.400. The molecule has 8 nitrogen and oxygen atoms in total. The summed E-state index contributed by atoms with van der Waals surface area (Å²) in [4.78, 5) is 33.7. The average molecular weight is 482 g/mol. The number of hydrogen-bond donors (Lipinski definition) is 1. The van der Waals surface area contributed by atoms with Gasteiger partial charge < -0.3 is 14.6 Å². The van der Waals surface area contributed by atoms with E-state index in [1.165, 1.54) is 0 Å².